The minimum Gasteiger partial charge on any atom is -0.337 e. The molecule has 0 atom stereocenters. The second kappa shape index (κ2) is 5.91. The number of urea groups is 1. The van der Waals surface area contributed by atoms with E-state index in [1.54, 1.807) is 6.20 Å². The normalized spacial score (nSPS) is 12.5. The van der Waals surface area contributed by atoms with Crippen molar-refractivity contribution in [2.75, 3.05) is 12.4 Å². The summed E-state index contributed by atoms with van der Waals surface area (Å²) in [6.45, 7) is 8.75. The number of hydrogen-bond acceptors (Lipinski definition) is 1. The van der Waals surface area contributed by atoms with Crippen molar-refractivity contribution >= 4 is 17.6 Å². The molecular formula is C10H19ClN2O. The highest BCUT2D eigenvalue weighted by atomic mass is 35.5. The van der Waals surface area contributed by atoms with Gasteiger partial charge >= 0.3 is 6.03 Å². The summed E-state index contributed by atoms with van der Waals surface area (Å²) in [4.78, 5) is 11.1. The van der Waals surface area contributed by atoms with Crippen LogP contribution in [0.2, 0.25) is 0 Å². The molecule has 0 saturated carbocycles. The zero-order valence-electron chi connectivity index (χ0n) is 9.28. The molecule has 0 fully saturated rings. The van der Waals surface area contributed by atoms with Crippen LogP contribution in [0.25, 0.3) is 0 Å². The van der Waals surface area contributed by atoms with E-state index < -0.39 is 0 Å². The summed E-state index contributed by atoms with van der Waals surface area (Å²) in [6.07, 6.45) is 1.73. The first-order valence-electron chi connectivity index (χ1n) is 4.65. The van der Waals surface area contributed by atoms with Crippen molar-refractivity contribution in [3.05, 3.63) is 11.8 Å². The lowest BCUT2D eigenvalue weighted by atomic mass is 9.88. The first-order valence-corrected chi connectivity index (χ1v) is 5.19. The maximum Gasteiger partial charge on any atom is 0.318 e. The summed E-state index contributed by atoms with van der Waals surface area (Å²) in [5.41, 5.74) is 1.21. The first kappa shape index (κ1) is 13.3. The Hall–Kier alpha value is -0.700. The lowest BCUT2D eigenvalue weighted by molar-refractivity contribution is 0.244. The third-order valence-corrected chi connectivity index (χ3v) is 2.17. The van der Waals surface area contributed by atoms with Crippen LogP contribution in [0.4, 0.5) is 4.79 Å². The van der Waals surface area contributed by atoms with Crippen molar-refractivity contribution in [1.29, 1.82) is 0 Å². The van der Waals surface area contributed by atoms with E-state index in [-0.39, 0.29) is 11.4 Å². The molecular weight excluding hydrogens is 200 g/mol. The second-order valence-electron chi connectivity index (χ2n) is 4.17. The molecule has 0 rings (SSSR count). The Bertz CT molecular complexity index is 219. The summed E-state index contributed by atoms with van der Waals surface area (Å²) in [5, 5.41) is 5.27. The van der Waals surface area contributed by atoms with Gasteiger partial charge in [0.05, 0.1) is 0 Å². The van der Waals surface area contributed by atoms with Gasteiger partial charge in [0.25, 0.3) is 0 Å². The quantitative estimate of drug-likeness (QED) is 0.703. The molecule has 0 heterocycles. The second-order valence-corrected chi connectivity index (χ2v) is 4.54. The Kier molecular flexibility index (Phi) is 5.62. The van der Waals surface area contributed by atoms with E-state index >= 15 is 0 Å². The van der Waals surface area contributed by atoms with E-state index in [0.717, 1.165) is 5.57 Å². The third kappa shape index (κ3) is 5.86. The maximum absolute atomic E-state index is 11.1. The van der Waals surface area contributed by atoms with Gasteiger partial charge in [0.1, 0.15) is 0 Å². The molecule has 3 nitrogen and oxygen atoms in total. The zero-order chi connectivity index (χ0) is 11.2. The third-order valence-electron chi connectivity index (χ3n) is 1.98. The van der Waals surface area contributed by atoms with Crippen LogP contribution in [0.3, 0.4) is 0 Å². The molecule has 2 N–H and O–H groups in total. The number of halogens is 1. The predicted molar refractivity (Wildman–Crippen MR) is 60.5 cm³/mol. The monoisotopic (exact) mass is 218 g/mol. The molecule has 0 aliphatic rings. The van der Waals surface area contributed by atoms with E-state index in [1.165, 1.54) is 0 Å². The smallest absolute Gasteiger partial charge is 0.318 e. The van der Waals surface area contributed by atoms with E-state index in [0.29, 0.717) is 12.4 Å². The molecule has 0 bridgehead atoms. The lowest BCUT2D eigenvalue weighted by Gasteiger charge is -2.19. The SMILES string of the molecule is C/C(=C\NC(=O)NCCCl)C(C)(C)C. The number of hydrogen-bond donors (Lipinski definition) is 2. The van der Waals surface area contributed by atoms with Gasteiger partial charge in [-0.15, -0.1) is 11.6 Å². The van der Waals surface area contributed by atoms with E-state index in [1.807, 2.05) is 6.92 Å². The van der Waals surface area contributed by atoms with Gasteiger partial charge in [-0.25, -0.2) is 4.79 Å². The van der Waals surface area contributed by atoms with Crippen LogP contribution >= 0.6 is 11.6 Å². The molecule has 0 aromatic heterocycles. The van der Waals surface area contributed by atoms with Gasteiger partial charge in [-0.2, -0.15) is 0 Å². The van der Waals surface area contributed by atoms with E-state index in [2.05, 4.69) is 31.4 Å². The minimum absolute atomic E-state index is 0.0831. The molecule has 0 aliphatic carbocycles. The van der Waals surface area contributed by atoms with Crippen LogP contribution in [-0.4, -0.2) is 18.5 Å². The molecule has 0 unspecified atom stereocenters. The number of amides is 2. The molecule has 14 heavy (non-hydrogen) atoms. The fraction of sp³-hybridized carbons (Fsp3) is 0.700. The predicted octanol–water partition coefficient (Wildman–Crippen LogP) is 2.47. The Morgan fingerprint density at radius 2 is 2.00 bits per heavy atom. The Labute approximate surface area is 90.9 Å². The van der Waals surface area contributed by atoms with Crippen LogP contribution in [0.1, 0.15) is 27.7 Å². The molecule has 0 saturated heterocycles. The van der Waals surface area contributed by atoms with Crippen LogP contribution in [0, 0.1) is 5.41 Å². The number of carbonyl (C=O) groups excluding carboxylic acids is 1. The van der Waals surface area contributed by atoms with Gasteiger partial charge in [-0.1, -0.05) is 26.3 Å². The van der Waals surface area contributed by atoms with Crippen molar-refractivity contribution in [2.24, 2.45) is 5.41 Å². The fourth-order valence-electron chi connectivity index (χ4n) is 0.602. The largest absolute Gasteiger partial charge is 0.337 e. The topological polar surface area (TPSA) is 41.1 Å². The summed E-state index contributed by atoms with van der Waals surface area (Å²) in [5.74, 6) is 0.426. The van der Waals surface area contributed by atoms with Gasteiger partial charge in [0.2, 0.25) is 0 Å². The van der Waals surface area contributed by atoms with Gasteiger partial charge < -0.3 is 10.6 Å². The average Bonchev–Trinajstić information content (AvgIpc) is 2.09. The van der Waals surface area contributed by atoms with Gasteiger partial charge in [0, 0.05) is 18.6 Å². The van der Waals surface area contributed by atoms with Gasteiger partial charge in [-0.05, 0) is 12.3 Å². The van der Waals surface area contributed by atoms with Crippen molar-refractivity contribution in [1.82, 2.24) is 10.6 Å². The van der Waals surface area contributed by atoms with E-state index in [4.69, 9.17) is 11.6 Å². The fourth-order valence-corrected chi connectivity index (χ4v) is 0.697. The maximum atomic E-state index is 11.1. The average molecular weight is 219 g/mol. The van der Waals surface area contributed by atoms with Crippen LogP contribution in [-0.2, 0) is 0 Å². The highest BCUT2D eigenvalue weighted by Gasteiger charge is 2.12. The summed E-state index contributed by atoms with van der Waals surface area (Å²) >= 11 is 5.42. The summed E-state index contributed by atoms with van der Waals surface area (Å²) in [7, 11) is 0. The van der Waals surface area contributed by atoms with Crippen molar-refractivity contribution < 1.29 is 4.79 Å². The summed E-state index contributed by atoms with van der Waals surface area (Å²) < 4.78 is 0. The standard InChI is InChI=1S/C10H19ClN2O/c1-8(10(2,3)4)7-13-9(14)12-6-5-11/h7H,5-6H2,1-4H3,(H2,12,13,14)/b8-7+. The van der Waals surface area contributed by atoms with Crippen molar-refractivity contribution in [2.45, 2.75) is 27.7 Å². The lowest BCUT2D eigenvalue weighted by Crippen LogP contribution is -2.34. The number of nitrogens with one attached hydrogen (secondary N) is 2. The zero-order valence-corrected chi connectivity index (χ0v) is 10.0. The Morgan fingerprint density at radius 1 is 1.43 bits per heavy atom. The number of rotatable bonds is 3. The molecule has 0 spiro atoms. The Balaban J connectivity index is 3.97. The number of carbonyl (C=O) groups is 1. The van der Waals surface area contributed by atoms with Crippen LogP contribution < -0.4 is 10.6 Å². The number of alkyl halides is 1. The molecule has 0 aliphatic heterocycles. The van der Waals surface area contributed by atoms with Crippen molar-refractivity contribution in [3.63, 3.8) is 0 Å². The van der Waals surface area contributed by atoms with Gasteiger partial charge in [0.15, 0.2) is 0 Å². The van der Waals surface area contributed by atoms with Gasteiger partial charge in [-0.3, -0.25) is 0 Å². The van der Waals surface area contributed by atoms with Crippen molar-refractivity contribution in [3.8, 4) is 0 Å². The molecule has 82 valence electrons. The Morgan fingerprint density at radius 3 is 2.43 bits per heavy atom. The molecule has 0 radical (unpaired) electrons. The highest BCUT2D eigenvalue weighted by Crippen LogP contribution is 2.23. The van der Waals surface area contributed by atoms with E-state index in [9.17, 15) is 4.79 Å². The summed E-state index contributed by atoms with van der Waals surface area (Å²) in [6, 6.07) is -0.214. The van der Waals surface area contributed by atoms with Crippen LogP contribution in [0.15, 0.2) is 11.8 Å². The molecule has 0 aromatic rings. The first-order chi connectivity index (χ1) is 6.38. The molecule has 0 aromatic carbocycles. The van der Waals surface area contributed by atoms with Crippen LogP contribution in [0.5, 0.6) is 0 Å². The molecule has 2 amide bonds. The number of allylic oxidation sites excluding steroid dienone is 1. The highest BCUT2D eigenvalue weighted by molar-refractivity contribution is 6.18. The minimum atomic E-state index is -0.214. The molecule has 4 heteroatoms.